The Kier molecular flexibility index (Phi) is 3.78. The van der Waals surface area contributed by atoms with Crippen LogP contribution in [0.5, 0.6) is 0 Å². The lowest BCUT2D eigenvalue weighted by molar-refractivity contribution is -0.142. The number of carboxylic acids is 1. The average molecular weight is 266 g/mol. The van der Waals surface area contributed by atoms with Crippen molar-refractivity contribution in [2.45, 2.75) is 19.9 Å². The van der Waals surface area contributed by atoms with Crippen LogP contribution in [0.25, 0.3) is 0 Å². The van der Waals surface area contributed by atoms with Crippen LogP contribution in [0.1, 0.15) is 25.6 Å². The van der Waals surface area contributed by atoms with Crippen LogP contribution in [0.4, 0.5) is 4.79 Å². The first-order valence-electron chi connectivity index (χ1n) is 6.30. The summed E-state index contributed by atoms with van der Waals surface area (Å²) >= 11 is 0. The first-order valence-corrected chi connectivity index (χ1v) is 6.30. The first kappa shape index (κ1) is 13.5. The third-order valence-electron chi connectivity index (χ3n) is 3.53. The Bertz CT molecular complexity index is 457. The number of aliphatic carboxylic acids is 1. The summed E-state index contributed by atoms with van der Waals surface area (Å²) in [5.74, 6) is -0.677. The maximum Gasteiger partial charge on any atom is 0.318 e. The fraction of sp³-hybridized carbons (Fsp3) is 0.538. The van der Waals surface area contributed by atoms with Crippen LogP contribution < -0.4 is 5.32 Å². The van der Waals surface area contributed by atoms with Crippen molar-refractivity contribution in [3.05, 3.63) is 24.2 Å². The number of hydrogen-bond acceptors (Lipinski definition) is 3. The van der Waals surface area contributed by atoms with E-state index in [2.05, 4.69) is 5.32 Å². The molecule has 1 saturated heterocycles. The third kappa shape index (κ3) is 2.89. The molecule has 6 heteroatoms. The predicted molar refractivity (Wildman–Crippen MR) is 67.5 cm³/mol. The van der Waals surface area contributed by atoms with Crippen LogP contribution in [0.2, 0.25) is 0 Å². The number of carbonyl (C=O) groups is 2. The van der Waals surface area contributed by atoms with Crippen molar-refractivity contribution < 1.29 is 19.1 Å². The van der Waals surface area contributed by atoms with Crippen LogP contribution in [-0.2, 0) is 4.79 Å². The molecule has 1 fully saturated rings. The second-order valence-electron chi connectivity index (χ2n) is 5.01. The minimum atomic E-state index is -0.845. The topological polar surface area (TPSA) is 82.8 Å². The molecule has 1 aromatic heterocycles. The van der Waals surface area contributed by atoms with E-state index in [0.717, 1.165) is 0 Å². The van der Waals surface area contributed by atoms with E-state index in [0.29, 0.717) is 12.3 Å². The molecular weight excluding hydrogens is 248 g/mol. The number of nitrogens with one attached hydrogen (secondary N) is 1. The third-order valence-corrected chi connectivity index (χ3v) is 3.53. The number of furan rings is 1. The van der Waals surface area contributed by atoms with Gasteiger partial charge in [0, 0.05) is 13.1 Å². The van der Waals surface area contributed by atoms with E-state index in [1.165, 1.54) is 0 Å². The molecule has 0 spiro atoms. The van der Waals surface area contributed by atoms with Crippen molar-refractivity contribution in [3.8, 4) is 0 Å². The number of likely N-dealkylation sites (tertiary alicyclic amines) is 1. The molecule has 0 aromatic carbocycles. The molecule has 2 N–H and O–H groups in total. The summed E-state index contributed by atoms with van der Waals surface area (Å²) < 4.78 is 5.21. The van der Waals surface area contributed by atoms with E-state index < -0.39 is 11.9 Å². The van der Waals surface area contributed by atoms with Gasteiger partial charge in [-0.2, -0.15) is 0 Å². The second kappa shape index (κ2) is 5.34. The Hall–Kier alpha value is -1.98. The van der Waals surface area contributed by atoms with Gasteiger partial charge in [0.15, 0.2) is 0 Å². The maximum atomic E-state index is 12.0. The van der Waals surface area contributed by atoms with Crippen LogP contribution in [0.3, 0.4) is 0 Å². The largest absolute Gasteiger partial charge is 0.481 e. The SMILES string of the molecule is CC(NC(=O)N1CC(C)C(C(=O)O)C1)c1ccco1. The van der Waals surface area contributed by atoms with E-state index in [9.17, 15) is 9.59 Å². The number of rotatable bonds is 3. The Morgan fingerprint density at radius 3 is 2.79 bits per heavy atom. The zero-order valence-corrected chi connectivity index (χ0v) is 11.0. The maximum absolute atomic E-state index is 12.0. The molecule has 1 aliphatic rings. The number of urea groups is 1. The van der Waals surface area contributed by atoms with Gasteiger partial charge < -0.3 is 19.7 Å². The van der Waals surface area contributed by atoms with E-state index >= 15 is 0 Å². The molecule has 0 aliphatic carbocycles. The van der Waals surface area contributed by atoms with Crippen LogP contribution in [0, 0.1) is 11.8 Å². The van der Waals surface area contributed by atoms with Gasteiger partial charge in [-0.15, -0.1) is 0 Å². The molecule has 2 heterocycles. The molecule has 0 radical (unpaired) electrons. The lowest BCUT2D eigenvalue weighted by atomic mass is 9.99. The van der Waals surface area contributed by atoms with Crippen LogP contribution >= 0.6 is 0 Å². The fourth-order valence-corrected chi connectivity index (χ4v) is 2.34. The Balaban J connectivity index is 1.93. The first-order chi connectivity index (χ1) is 8.99. The minimum absolute atomic E-state index is 0.0258. The van der Waals surface area contributed by atoms with E-state index in [4.69, 9.17) is 9.52 Å². The molecule has 6 nitrogen and oxygen atoms in total. The van der Waals surface area contributed by atoms with Crippen molar-refractivity contribution in [1.29, 1.82) is 0 Å². The van der Waals surface area contributed by atoms with Crippen molar-refractivity contribution in [2.24, 2.45) is 11.8 Å². The smallest absolute Gasteiger partial charge is 0.318 e. The highest BCUT2D eigenvalue weighted by atomic mass is 16.4. The lowest BCUT2D eigenvalue weighted by Gasteiger charge is -2.19. The molecule has 0 bridgehead atoms. The molecule has 1 aliphatic heterocycles. The number of nitrogens with zero attached hydrogens (tertiary/aromatic N) is 1. The van der Waals surface area contributed by atoms with Gasteiger partial charge in [-0.05, 0) is 25.0 Å². The molecule has 104 valence electrons. The molecule has 0 saturated carbocycles. The van der Waals surface area contributed by atoms with E-state index in [1.807, 2.05) is 13.8 Å². The highest BCUT2D eigenvalue weighted by Gasteiger charge is 2.37. The summed E-state index contributed by atoms with van der Waals surface area (Å²) in [6.45, 7) is 4.40. The van der Waals surface area contributed by atoms with Crippen molar-refractivity contribution in [3.63, 3.8) is 0 Å². The zero-order chi connectivity index (χ0) is 14.0. The molecule has 2 amide bonds. The van der Waals surface area contributed by atoms with E-state index in [-0.39, 0.29) is 24.5 Å². The van der Waals surface area contributed by atoms with Gasteiger partial charge in [-0.1, -0.05) is 6.92 Å². The Morgan fingerprint density at radius 1 is 1.53 bits per heavy atom. The molecule has 1 aromatic rings. The van der Waals surface area contributed by atoms with Gasteiger partial charge in [0.25, 0.3) is 0 Å². The van der Waals surface area contributed by atoms with Gasteiger partial charge in [0.2, 0.25) is 0 Å². The van der Waals surface area contributed by atoms with Gasteiger partial charge >= 0.3 is 12.0 Å². The standard InChI is InChI=1S/C13H18N2O4/c1-8-6-15(7-10(8)12(16)17)13(18)14-9(2)11-4-3-5-19-11/h3-5,8-10H,6-7H2,1-2H3,(H,14,18)(H,16,17). The number of carbonyl (C=O) groups excluding carboxylic acids is 1. The molecule has 2 rings (SSSR count). The summed E-state index contributed by atoms with van der Waals surface area (Å²) in [4.78, 5) is 24.6. The number of carboxylic acid groups (broad SMARTS) is 1. The normalized spacial score (nSPS) is 24.2. The molecular formula is C13H18N2O4. The van der Waals surface area contributed by atoms with Crippen LogP contribution in [0.15, 0.2) is 22.8 Å². The van der Waals surface area contributed by atoms with Gasteiger partial charge in [0.1, 0.15) is 5.76 Å². The van der Waals surface area contributed by atoms with Crippen molar-refractivity contribution in [2.75, 3.05) is 13.1 Å². The molecule has 19 heavy (non-hydrogen) atoms. The second-order valence-corrected chi connectivity index (χ2v) is 5.01. The number of hydrogen-bond donors (Lipinski definition) is 2. The van der Waals surface area contributed by atoms with Crippen LogP contribution in [-0.4, -0.2) is 35.1 Å². The summed E-state index contributed by atoms with van der Waals surface area (Å²) in [5, 5.41) is 11.8. The predicted octanol–water partition coefficient (Wildman–Crippen LogP) is 1.70. The van der Waals surface area contributed by atoms with Gasteiger partial charge in [-0.25, -0.2) is 4.79 Å². The Labute approximate surface area is 111 Å². The Morgan fingerprint density at radius 2 is 2.26 bits per heavy atom. The summed E-state index contributed by atoms with van der Waals surface area (Å²) in [6.07, 6.45) is 1.55. The average Bonchev–Trinajstić information content (AvgIpc) is 2.96. The number of amides is 2. The molecule has 3 atom stereocenters. The summed E-state index contributed by atoms with van der Waals surface area (Å²) in [6, 6.07) is 3.06. The summed E-state index contributed by atoms with van der Waals surface area (Å²) in [7, 11) is 0. The fourth-order valence-electron chi connectivity index (χ4n) is 2.34. The highest BCUT2D eigenvalue weighted by molar-refractivity contribution is 5.77. The summed E-state index contributed by atoms with van der Waals surface area (Å²) in [5.41, 5.74) is 0. The van der Waals surface area contributed by atoms with Gasteiger partial charge in [-0.3, -0.25) is 4.79 Å². The molecule has 3 unspecified atom stereocenters. The van der Waals surface area contributed by atoms with Crippen molar-refractivity contribution >= 4 is 12.0 Å². The van der Waals surface area contributed by atoms with Gasteiger partial charge in [0.05, 0.1) is 18.2 Å². The van der Waals surface area contributed by atoms with E-state index in [1.54, 1.807) is 23.3 Å². The monoisotopic (exact) mass is 266 g/mol. The lowest BCUT2D eigenvalue weighted by Crippen LogP contribution is -2.40. The zero-order valence-electron chi connectivity index (χ0n) is 11.0. The quantitative estimate of drug-likeness (QED) is 0.872. The van der Waals surface area contributed by atoms with Crippen molar-refractivity contribution in [1.82, 2.24) is 10.2 Å². The minimum Gasteiger partial charge on any atom is -0.481 e. The highest BCUT2D eigenvalue weighted by Crippen LogP contribution is 2.23.